The third-order valence-electron chi connectivity index (χ3n) is 4.56. The van der Waals surface area contributed by atoms with Gasteiger partial charge in [-0.25, -0.2) is 4.39 Å². The van der Waals surface area contributed by atoms with Gasteiger partial charge in [0.15, 0.2) is 11.6 Å². The van der Waals surface area contributed by atoms with E-state index in [1.807, 2.05) is 18.3 Å². The van der Waals surface area contributed by atoms with Crippen molar-refractivity contribution in [2.75, 3.05) is 19.6 Å². The summed E-state index contributed by atoms with van der Waals surface area (Å²) in [7, 11) is 0. The highest BCUT2D eigenvalue weighted by atomic mass is 19.1. The Hall–Kier alpha value is -2.47. The molecule has 2 heterocycles. The fourth-order valence-corrected chi connectivity index (χ4v) is 3.21. The summed E-state index contributed by atoms with van der Waals surface area (Å²) in [5.74, 6) is -1.59. The fourth-order valence-electron chi connectivity index (χ4n) is 3.21. The highest BCUT2D eigenvalue weighted by Crippen LogP contribution is 2.24. The van der Waals surface area contributed by atoms with Crippen LogP contribution in [-0.4, -0.2) is 40.5 Å². The Morgan fingerprint density at radius 1 is 1.28 bits per heavy atom. The van der Waals surface area contributed by atoms with Crippen LogP contribution >= 0.6 is 0 Å². The predicted octanol–water partition coefficient (Wildman–Crippen LogP) is 2.88. The van der Waals surface area contributed by atoms with Crippen LogP contribution in [0.1, 0.15) is 41.2 Å². The molecule has 0 unspecified atom stereocenters. The number of carbonyl (C=O) groups excluding carboxylic acids is 1. The molecule has 0 bridgehead atoms. The molecule has 1 atom stereocenters. The summed E-state index contributed by atoms with van der Waals surface area (Å²) < 4.78 is 13.1. The van der Waals surface area contributed by atoms with E-state index in [9.17, 15) is 14.3 Å². The highest BCUT2D eigenvalue weighted by molar-refractivity contribution is 5.94. The molecule has 132 valence electrons. The highest BCUT2D eigenvalue weighted by Gasteiger charge is 2.23. The number of benzene rings is 1. The number of hydrogen-bond donors (Lipinski definition) is 2. The van der Waals surface area contributed by atoms with Gasteiger partial charge in [-0.3, -0.25) is 14.7 Å². The summed E-state index contributed by atoms with van der Waals surface area (Å²) in [5.41, 5.74) is 1.30. The number of phenols is 1. The minimum atomic E-state index is -0.738. The van der Waals surface area contributed by atoms with Crippen molar-refractivity contribution >= 4 is 5.91 Å². The first-order valence-corrected chi connectivity index (χ1v) is 8.56. The molecule has 6 heteroatoms. The number of nitrogens with one attached hydrogen (secondary N) is 1. The van der Waals surface area contributed by atoms with Crippen LogP contribution in [0.25, 0.3) is 0 Å². The quantitative estimate of drug-likeness (QED) is 0.876. The van der Waals surface area contributed by atoms with Crippen molar-refractivity contribution in [3.63, 3.8) is 0 Å². The number of halogens is 1. The van der Waals surface area contributed by atoms with Crippen molar-refractivity contribution in [1.29, 1.82) is 0 Å². The lowest BCUT2D eigenvalue weighted by Gasteiger charge is -2.34. The van der Waals surface area contributed by atoms with Gasteiger partial charge in [-0.2, -0.15) is 0 Å². The molecule has 2 aromatic rings. The number of hydrogen-bond acceptors (Lipinski definition) is 4. The summed E-state index contributed by atoms with van der Waals surface area (Å²) in [6.07, 6.45) is 7.09. The molecule has 25 heavy (non-hydrogen) atoms. The Balaban J connectivity index is 1.71. The van der Waals surface area contributed by atoms with E-state index < -0.39 is 11.6 Å². The van der Waals surface area contributed by atoms with Crippen LogP contribution < -0.4 is 5.32 Å². The van der Waals surface area contributed by atoms with E-state index in [1.165, 1.54) is 12.5 Å². The molecule has 0 saturated carbocycles. The van der Waals surface area contributed by atoms with E-state index >= 15 is 0 Å². The number of aromatic hydroxyl groups is 1. The third kappa shape index (κ3) is 4.33. The van der Waals surface area contributed by atoms with Gasteiger partial charge in [-0.1, -0.05) is 12.5 Å². The zero-order valence-electron chi connectivity index (χ0n) is 14.0. The maximum atomic E-state index is 13.1. The summed E-state index contributed by atoms with van der Waals surface area (Å²) in [6, 6.07) is 7.56. The number of nitrogens with zero attached hydrogens (tertiary/aromatic N) is 2. The number of phenolic OH excluding ortho intramolecular Hbond substituents is 1. The van der Waals surface area contributed by atoms with Crippen molar-refractivity contribution in [3.05, 3.63) is 59.7 Å². The molecule has 1 fully saturated rings. The molecule has 1 saturated heterocycles. The number of piperidine rings is 1. The smallest absolute Gasteiger partial charge is 0.251 e. The largest absolute Gasteiger partial charge is 0.505 e. The number of rotatable bonds is 5. The molecule has 0 spiro atoms. The van der Waals surface area contributed by atoms with Crippen molar-refractivity contribution in [2.24, 2.45) is 0 Å². The van der Waals surface area contributed by atoms with Crippen molar-refractivity contribution < 1.29 is 14.3 Å². The molecule has 1 aliphatic heterocycles. The Labute approximate surface area is 146 Å². The maximum absolute atomic E-state index is 13.1. The van der Waals surface area contributed by atoms with E-state index in [-0.39, 0.29) is 17.5 Å². The molecule has 2 N–H and O–H groups in total. The predicted molar refractivity (Wildman–Crippen MR) is 92.8 cm³/mol. The van der Waals surface area contributed by atoms with E-state index in [1.54, 1.807) is 6.20 Å². The van der Waals surface area contributed by atoms with E-state index in [0.29, 0.717) is 6.54 Å². The standard InChI is InChI=1S/C19H22FN3O2/c20-16-7-6-14(11-18(16)24)19(25)22-13-17(15-5-4-8-21-12-15)23-9-2-1-3-10-23/h4-8,11-12,17,24H,1-3,9-10,13H2,(H,22,25)/t17-/m1/s1. The normalized spacial score (nSPS) is 16.4. The Bertz CT molecular complexity index is 718. The summed E-state index contributed by atoms with van der Waals surface area (Å²) in [4.78, 5) is 18.9. The van der Waals surface area contributed by atoms with Crippen molar-refractivity contribution in [3.8, 4) is 5.75 Å². The van der Waals surface area contributed by atoms with Gasteiger partial charge in [0, 0.05) is 24.5 Å². The number of pyridine rings is 1. The zero-order chi connectivity index (χ0) is 17.6. The molecule has 3 rings (SSSR count). The summed E-state index contributed by atoms with van der Waals surface area (Å²) in [6.45, 7) is 2.42. The van der Waals surface area contributed by atoms with Gasteiger partial charge in [0.25, 0.3) is 5.91 Å². The van der Waals surface area contributed by atoms with Gasteiger partial charge in [0.1, 0.15) is 0 Å². The second-order valence-electron chi connectivity index (χ2n) is 6.28. The number of likely N-dealkylation sites (tertiary alicyclic amines) is 1. The Morgan fingerprint density at radius 2 is 2.08 bits per heavy atom. The average Bonchev–Trinajstić information content (AvgIpc) is 2.66. The van der Waals surface area contributed by atoms with Crippen molar-refractivity contribution in [1.82, 2.24) is 15.2 Å². The molecular weight excluding hydrogens is 321 g/mol. The van der Waals surface area contributed by atoms with Crippen LogP contribution in [-0.2, 0) is 0 Å². The van der Waals surface area contributed by atoms with Crippen LogP contribution in [0.5, 0.6) is 5.75 Å². The second kappa shape index (κ2) is 8.07. The van der Waals surface area contributed by atoms with Gasteiger partial charge < -0.3 is 10.4 Å². The molecule has 1 amide bonds. The SMILES string of the molecule is O=C(NC[C@H](c1cccnc1)N1CCCCC1)c1ccc(F)c(O)c1. The van der Waals surface area contributed by atoms with Crippen LogP contribution in [0, 0.1) is 5.82 Å². The average molecular weight is 343 g/mol. The lowest BCUT2D eigenvalue weighted by Crippen LogP contribution is -2.40. The molecule has 0 radical (unpaired) electrons. The minimum Gasteiger partial charge on any atom is -0.505 e. The van der Waals surface area contributed by atoms with Gasteiger partial charge in [-0.05, 0) is 55.8 Å². The molecular formula is C19H22FN3O2. The van der Waals surface area contributed by atoms with E-state index in [0.717, 1.165) is 43.6 Å². The monoisotopic (exact) mass is 343 g/mol. The first-order chi connectivity index (χ1) is 12.1. The van der Waals surface area contributed by atoms with Crippen LogP contribution in [0.15, 0.2) is 42.7 Å². The van der Waals surface area contributed by atoms with Crippen LogP contribution in [0.3, 0.4) is 0 Å². The van der Waals surface area contributed by atoms with Crippen LogP contribution in [0.2, 0.25) is 0 Å². The van der Waals surface area contributed by atoms with Crippen LogP contribution in [0.4, 0.5) is 4.39 Å². The molecule has 1 aromatic heterocycles. The molecule has 5 nitrogen and oxygen atoms in total. The first-order valence-electron chi connectivity index (χ1n) is 8.56. The summed E-state index contributed by atoms with van der Waals surface area (Å²) >= 11 is 0. The maximum Gasteiger partial charge on any atom is 0.251 e. The third-order valence-corrected chi connectivity index (χ3v) is 4.56. The van der Waals surface area contributed by atoms with Gasteiger partial charge >= 0.3 is 0 Å². The van der Waals surface area contributed by atoms with Crippen molar-refractivity contribution in [2.45, 2.75) is 25.3 Å². The second-order valence-corrected chi connectivity index (χ2v) is 6.28. The fraction of sp³-hybridized carbons (Fsp3) is 0.368. The minimum absolute atomic E-state index is 0.0481. The Morgan fingerprint density at radius 3 is 2.76 bits per heavy atom. The summed E-state index contributed by atoms with van der Waals surface area (Å²) in [5, 5.41) is 12.3. The zero-order valence-corrected chi connectivity index (χ0v) is 14.0. The Kier molecular flexibility index (Phi) is 5.60. The number of carbonyl (C=O) groups is 1. The van der Waals surface area contributed by atoms with Gasteiger partial charge in [0.05, 0.1) is 6.04 Å². The molecule has 1 aliphatic rings. The first kappa shape index (κ1) is 17.4. The number of amides is 1. The van der Waals surface area contributed by atoms with E-state index in [2.05, 4.69) is 15.2 Å². The number of aromatic nitrogens is 1. The van der Waals surface area contributed by atoms with E-state index in [4.69, 9.17) is 0 Å². The lowest BCUT2D eigenvalue weighted by molar-refractivity contribution is 0.0924. The van der Waals surface area contributed by atoms with Gasteiger partial charge in [-0.15, -0.1) is 0 Å². The lowest BCUT2D eigenvalue weighted by atomic mass is 10.0. The topological polar surface area (TPSA) is 65.5 Å². The molecule has 0 aliphatic carbocycles. The molecule has 1 aromatic carbocycles. The van der Waals surface area contributed by atoms with Gasteiger partial charge in [0.2, 0.25) is 0 Å².